The van der Waals surface area contributed by atoms with Crippen LogP contribution in [0.15, 0.2) is 0 Å². The Morgan fingerprint density at radius 3 is 1.65 bits per heavy atom. The number of hydrogen-bond donors (Lipinski definition) is 1. The first-order chi connectivity index (χ1) is 8.20. The Hall–Kier alpha value is -0.0400. The normalized spacial score (nSPS) is 14.8. The minimum Gasteiger partial charge on any atom is -0.396 e. The third-order valence-corrected chi connectivity index (χ3v) is 3.76. The lowest BCUT2D eigenvalue weighted by molar-refractivity contribution is 0.227. The predicted octanol–water partition coefficient (Wildman–Crippen LogP) is 5.17. The molecule has 0 aromatic carbocycles. The van der Waals surface area contributed by atoms with Crippen molar-refractivity contribution < 1.29 is 5.11 Å². The molecule has 2 atom stereocenters. The summed E-state index contributed by atoms with van der Waals surface area (Å²) in [5.41, 5.74) is 0. The maximum Gasteiger partial charge on any atom is 0.0456 e. The first-order valence-electron chi connectivity index (χ1n) is 7.81. The van der Waals surface area contributed by atoms with Crippen LogP contribution in [0.4, 0.5) is 0 Å². The van der Waals surface area contributed by atoms with E-state index in [4.69, 9.17) is 5.11 Å². The van der Waals surface area contributed by atoms with Crippen LogP contribution in [0.2, 0.25) is 0 Å². The smallest absolute Gasteiger partial charge is 0.0456 e. The van der Waals surface area contributed by atoms with Crippen LogP contribution in [0.5, 0.6) is 0 Å². The Morgan fingerprint density at radius 2 is 1.18 bits per heavy atom. The predicted molar refractivity (Wildman–Crippen MR) is 77.3 cm³/mol. The van der Waals surface area contributed by atoms with Crippen molar-refractivity contribution in [1.82, 2.24) is 0 Å². The van der Waals surface area contributed by atoms with Gasteiger partial charge in [0.2, 0.25) is 0 Å². The third-order valence-electron chi connectivity index (χ3n) is 3.76. The fourth-order valence-corrected chi connectivity index (χ4v) is 2.32. The summed E-state index contributed by atoms with van der Waals surface area (Å²) >= 11 is 0. The summed E-state index contributed by atoms with van der Waals surface area (Å²) in [4.78, 5) is 0. The van der Waals surface area contributed by atoms with Gasteiger partial charge in [-0.05, 0) is 18.3 Å². The van der Waals surface area contributed by atoms with Gasteiger partial charge in [0, 0.05) is 6.61 Å². The van der Waals surface area contributed by atoms with Crippen molar-refractivity contribution in [2.24, 2.45) is 11.8 Å². The van der Waals surface area contributed by atoms with Crippen molar-refractivity contribution in [1.29, 1.82) is 0 Å². The van der Waals surface area contributed by atoms with Gasteiger partial charge < -0.3 is 5.11 Å². The number of rotatable bonds is 12. The first-order valence-corrected chi connectivity index (χ1v) is 7.81. The molecule has 0 spiro atoms. The second kappa shape index (κ2) is 12.4. The molecule has 0 rings (SSSR count). The SMILES string of the molecule is CCCCCC(C)CCCCCCC(C)CO. The molecular weight excluding hydrogens is 208 g/mol. The zero-order valence-corrected chi connectivity index (χ0v) is 12.4. The first kappa shape index (κ1) is 17.0. The number of aliphatic hydroxyl groups is 1. The molecule has 0 bridgehead atoms. The number of hydrogen-bond acceptors (Lipinski definition) is 1. The average molecular weight is 242 g/mol. The van der Waals surface area contributed by atoms with Gasteiger partial charge in [-0.3, -0.25) is 0 Å². The molecule has 0 aromatic heterocycles. The molecule has 1 heteroatoms. The van der Waals surface area contributed by atoms with Gasteiger partial charge in [-0.25, -0.2) is 0 Å². The summed E-state index contributed by atoms with van der Waals surface area (Å²) < 4.78 is 0. The Labute approximate surface area is 109 Å². The fourth-order valence-electron chi connectivity index (χ4n) is 2.32. The number of unbranched alkanes of at least 4 members (excludes halogenated alkanes) is 5. The molecule has 0 aliphatic rings. The summed E-state index contributed by atoms with van der Waals surface area (Å²) in [6, 6.07) is 0. The fraction of sp³-hybridized carbons (Fsp3) is 1.00. The van der Waals surface area contributed by atoms with Gasteiger partial charge in [0.05, 0.1) is 0 Å². The molecule has 0 saturated carbocycles. The standard InChI is InChI=1S/C16H34O/c1-4-5-8-11-15(2)12-9-6-7-10-13-16(3)14-17/h15-17H,4-14H2,1-3H3. The van der Waals surface area contributed by atoms with E-state index in [-0.39, 0.29) is 0 Å². The topological polar surface area (TPSA) is 20.2 Å². The quantitative estimate of drug-likeness (QED) is 0.468. The van der Waals surface area contributed by atoms with E-state index < -0.39 is 0 Å². The van der Waals surface area contributed by atoms with E-state index in [1.807, 2.05) is 0 Å². The molecule has 0 aromatic rings. The molecule has 0 amide bonds. The van der Waals surface area contributed by atoms with Crippen LogP contribution in [0.3, 0.4) is 0 Å². The number of aliphatic hydroxyl groups excluding tert-OH is 1. The van der Waals surface area contributed by atoms with Gasteiger partial charge in [-0.15, -0.1) is 0 Å². The highest BCUT2D eigenvalue weighted by atomic mass is 16.3. The molecule has 0 aliphatic heterocycles. The van der Waals surface area contributed by atoms with Crippen molar-refractivity contribution in [3.8, 4) is 0 Å². The van der Waals surface area contributed by atoms with E-state index >= 15 is 0 Å². The molecule has 0 heterocycles. The molecule has 0 fully saturated rings. The zero-order valence-electron chi connectivity index (χ0n) is 12.4. The highest BCUT2D eigenvalue weighted by Gasteiger charge is 2.02. The molecule has 1 N–H and O–H groups in total. The lowest BCUT2D eigenvalue weighted by Gasteiger charge is -2.11. The highest BCUT2D eigenvalue weighted by molar-refractivity contribution is 4.56. The summed E-state index contributed by atoms with van der Waals surface area (Å²) in [6.07, 6.45) is 13.6. The van der Waals surface area contributed by atoms with Crippen LogP contribution in [-0.4, -0.2) is 11.7 Å². The highest BCUT2D eigenvalue weighted by Crippen LogP contribution is 2.17. The van der Waals surface area contributed by atoms with Gasteiger partial charge in [0.1, 0.15) is 0 Å². The van der Waals surface area contributed by atoms with Crippen LogP contribution in [0.25, 0.3) is 0 Å². The van der Waals surface area contributed by atoms with Crippen molar-refractivity contribution in [2.45, 2.75) is 85.0 Å². The molecule has 1 nitrogen and oxygen atoms in total. The molecule has 104 valence electrons. The Balaban J connectivity index is 3.16. The van der Waals surface area contributed by atoms with Gasteiger partial charge in [0.15, 0.2) is 0 Å². The van der Waals surface area contributed by atoms with E-state index in [0.717, 1.165) is 5.92 Å². The molecule has 2 unspecified atom stereocenters. The molecular formula is C16H34O. The van der Waals surface area contributed by atoms with E-state index in [0.29, 0.717) is 12.5 Å². The second-order valence-corrected chi connectivity index (χ2v) is 5.88. The zero-order chi connectivity index (χ0) is 12.9. The van der Waals surface area contributed by atoms with Gasteiger partial charge in [-0.1, -0.05) is 78.6 Å². The molecule has 0 saturated heterocycles. The van der Waals surface area contributed by atoms with Crippen LogP contribution < -0.4 is 0 Å². The maximum absolute atomic E-state index is 8.91. The largest absolute Gasteiger partial charge is 0.396 e. The molecule has 17 heavy (non-hydrogen) atoms. The summed E-state index contributed by atoms with van der Waals surface area (Å²) in [5.74, 6) is 1.43. The van der Waals surface area contributed by atoms with Crippen molar-refractivity contribution in [3.63, 3.8) is 0 Å². The summed E-state index contributed by atoms with van der Waals surface area (Å²) in [6.45, 7) is 7.17. The van der Waals surface area contributed by atoms with Crippen LogP contribution in [0, 0.1) is 11.8 Å². The maximum atomic E-state index is 8.91. The van der Waals surface area contributed by atoms with Crippen LogP contribution in [-0.2, 0) is 0 Å². The van der Waals surface area contributed by atoms with Crippen molar-refractivity contribution >= 4 is 0 Å². The average Bonchev–Trinajstić information content (AvgIpc) is 2.33. The Bertz CT molecular complexity index is 144. The monoisotopic (exact) mass is 242 g/mol. The van der Waals surface area contributed by atoms with Crippen molar-refractivity contribution in [2.75, 3.05) is 6.61 Å². The van der Waals surface area contributed by atoms with E-state index in [1.165, 1.54) is 64.2 Å². The molecule has 0 radical (unpaired) electrons. The lowest BCUT2D eigenvalue weighted by Crippen LogP contribution is -2.00. The summed E-state index contributed by atoms with van der Waals surface area (Å²) in [5, 5.41) is 8.91. The molecule has 0 aliphatic carbocycles. The van der Waals surface area contributed by atoms with Crippen LogP contribution in [0.1, 0.15) is 85.0 Å². The minimum atomic E-state index is 0.356. The minimum absolute atomic E-state index is 0.356. The van der Waals surface area contributed by atoms with Gasteiger partial charge in [0.25, 0.3) is 0 Å². The van der Waals surface area contributed by atoms with E-state index in [9.17, 15) is 0 Å². The second-order valence-electron chi connectivity index (χ2n) is 5.88. The Morgan fingerprint density at radius 1 is 0.706 bits per heavy atom. The van der Waals surface area contributed by atoms with Gasteiger partial charge in [-0.2, -0.15) is 0 Å². The van der Waals surface area contributed by atoms with Crippen molar-refractivity contribution in [3.05, 3.63) is 0 Å². The summed E-state index contributed by atoms with van der Waals surface area (Å²) in [7, 11) is 0. The Kier molecular flexibility index (Phi) is 12.4. The van der Waals surface area contributed by atoms with E-state index in [2.05, 4.69) is 20.8 Å². The third kappa shape index (κ3) is 12.2. The van der Waals surface area contributed by atoms with E-state index in [1.54, 1.807) is 0 Å². The lowest BCUT2D eigenvalue weighted by atomic mass is 9.96. The van der Waals surface area contributed by atoms with Gasteiger partial charge >= 0.3 is 0 Å². The van der Waals surface area contributed by atoms with Crippen LogP contribution >= 0.6 is 0 Å².